The van der Waals surface area contributed by atoms with Crippen LogP contribution in [0.4, 0.5) is 4.39 Å². The Morgan fingerprint density at radius 2 is 2.14 bits per heavy atom. The number of carbonyl (C=O) groups excluding carboxylic acids is 1. The van der Waals surface area contributed by atoms with Crippen LogP contribution in [0.25, 0.3) is 6.08 Å². The predicted octanol–water partition coefficient (Wildman–Crippen LogP) is 1.75. The predicted molar refractivity (Wildman–Crippen MR) is 49.0 cm³/mol. The van der Waals surface area contributed by atoms with E-state index < -0.39 is 11.8 Å². The van der Waals surface area contributed by atoms with E-state index in [0.717, 1.165) is 6.40 Å². The van der Waals surface area contributed by atoms with Gasteiger partial charge in [0.05, 0.1) is 0 Å². The van der Waals surface area contributed by atoms with Crippen molar-refractivity contribution < 1.29 is 13.9 Å². The molecular formula is C10H6FNO2. The average Bonchev–Trinajstić information content (AvgIpc) is 2.56. The molecule has 3 nitrogen and oxygen atoms in total. The Hall–Kier alpha value is -1.97. The maximum atomic E-state index is 13.1. The highest BCUT2D eigenvalue weighted by atomic mass is 19.1. The Morgan fingerprint density at radius 3 is 2.79 bits per heavy atom. The number of aliphatic imine (C=N–C) groups is 1. The van der Waals surface area contributed by atoms with Crippen molar-refractivity contribution in [3.63, 3.8) is 0 Å². The molecule has 0 spiro atoms. The van der Waals surface area contributed by atoms with Gasteiger partial charge in [0, 0.05) is 5.56 Å². The van der Waals surface area contributed by atoms with E-state index >= 15 is 0 Å². The summed E-state index contributed by atoms with van der Waals surface area (Å²) in [4.78, 5) is 14.6. The van der Waals surface area contributed by atoms with Crippen LogP contribution in [0.15, 0.2) is 35.0 Å². The number of halogens is 1. The summed E-state index contributed by atoms with van der Waals surface area (Å²) in [6, 6.07) is 6.13. The van der Waals surface area contributed by atoms with Crippen molar-refractivity contribution >= 4 is 18.4 Å². The first-order valence-corrected chi connectivity index (χ1v) is 3.97. The monoisotopic (exact) mass is 191 g/mol. The van der Waals surface area contributed by atoms with Crippen LogP contribution >= 0.6 is 0 Å². The summed E-state index contributed by atoms with van der Waals surface area (Å²) in [6.45, 7) is 0. The number of benzene rings is 1. The summed E-state index contributed by atoms with van der Waals surface area (Å²) >= 11 is 0. The number of hydrogen-bond acceptors (Lipinski definition) is 3. The molecule has 0 saturated carbocycles. The van der Waals surface area contributed by atoms with E-state index in [1.165, 1.54) is 12.1 Å². The Morgan fingerprint density at radius 1 is 1.36 bits per heavy atom. The highest BCUT2D eigenvalue weighted by molar-refractivity contribution is 6.01. The lowest BCUT2D eigenvalue weighted by Gasteiger charge is -1.95. The Kier molecular flexibility index (Phi) is 2.10. The highest BCUT2D eigenvalue weighted by Gasteiger charge is 2.15. The van der Waals surface area contributed by atoms with Crippen LogP contribution in [0.3, 0.4) is 0 Å². The van der Waals surface area contributed by atoms with E-state index in [4.69, 9.17) is 0 Å². The second-order valence-corrected chi connectivity index (χ2v) is 2.69. The van der Waals surface area contributed by atoms with E-state index in [9.17, 15) is 9.18 Å². The van der Waals surface area contributed by atoms with Crippen molar-refractivity contribution in [3.05, 3.63) is 41.3 Å². The van der Waals surface area contributed by atoms with Crippen molar-refractivity contribution in [2.24, 2.45) is 4.99 Å². The summed E-state index contributed by atoms with van der Waals surface area (Å²) in [6.07, 6.45) is 2.39. The molecule has 2 rings (SSSR count). The Balaban J connectivity index is 2.38. The van der Waals surface area contributed by atoms with E-state index in [2.05, 4.69) is 9.73 Å². The number of ether oxygens (including phenoxy) is 1. The van der Waals surface area contributed by atoms with Gasteiger partial charge in [-0.3, -0.25) is 0 Å². The molecule has 0 aliphatic carbocycles. The normalized spacial score (nSPS) is 17.5. The molecular weight excluding hydrogens is 185 g/mol. The molecule has 4 heteroatoms. The maximum Gasteiger partial charge on any atom is 0.363 e. The van der Waals surface area contributed by atoms with Gasteiger partial charge in [-0.2, -0.15) is 0 Å². The minimum Gasteiger partial charge on any atom is -0.410 e. The van der Waals surface area contributed by atoms with E-state index in [-0.39, 0.29) is 5.70 Å². The molecule has 0 radical (unpaired) electrons. The third-order valence-corrected chi connectivity index (χ3v) is 1.76. The third kappa shape index (κ3) is 1.54. The van der Waals surface area contributed by atoms with Gasteiger partial charge in [-0.15, -0.1) is 0 Å². The number of esters is 1. The third-order valence-electron chi connectivity index (χ3n) is 1.76. The van der Waals surface area contributed by atoms with E-state index in [0.29, 0.717) is 5.56 Å². The van der Waals surface area contributed by atoms with Gasteiger partial charge < -0.3 is 4.74 Å². The second-order valence-electron chi connectivity index (χ2n) is 2.69. The molecule has 70 valence electrons. The molecule has 1 aromatic rings. The van der Waals surface area contributed by atoms with Crippen LogP contribution in [0.5, 0.6) is 0 Å². The molecule has 0 aromatic heterocycles. The molecule has 0 saturated heterocycles. The van der Waals surface area contributed by atoms with E-state index in [1.807, 2.05) is 0 Å². The number of nitrogens with zero attached hydrogens (tertiary/aromatic N) is 1. The first-order chi connectivity index (χ1) is 6.77. The lowest BCUT2D eigenvalue weighted by molar-refractivity contribution is -0.129. The van der Waals surface area contributed by atoms with Crippen LogP contribution in [-0.4, -0.2) is 12.4 Å². The van der Waals surface area contributed by atoms with Crippen LogP contribution in [-0.2, 0) is 9.53 Å². The SMILES string of the molecule is O=C1OC=NC1=Cc1ccccc1F. The zero-order valence-electron chi connectivity index (χ0n) is 7.11. The first kappa shape index (κ1) is 8.62. The highest BCUT2D eigenvalue weighted by Crippen LogP contribution is 2.14. The average molecular weight is 191 g/mol. The van der Waals surface area contributed by atoms with Crippen molar-refractivity contribution in [2.45, 2.75) is 0 Å². The molecule has 1 heterocycles. The van der Waals surface area contributed by atoms with Crippen LogP contribution in [0, 0.1) is 5.82 Å². The summed E-state index contributed by atoms with van der Waals surface area (Å²) in [7, 11) is 0. The molecule has 0 unspecified atom stereocenters. The minimum atomic E-state index is -0.562. The molecule has 0 atom stereocenters. The van der Waals surface area contributed by atoms with Gasteiger partial charge >= 0.3 is 5.97 Å². The topological polar surface area (TPSA) is 38.7 Å². The minimum absolute atomic E-state index is 0.107. The Labute approximate surface area is 79.5 Å². The fourth-order valence-electron chi connectivity index (χ4n) is 1.08. The molecule has 0 N–H and O–H groups in total. The van der Waals surface area contributed by atoms with Gasteiger partial charge in [0.25, 0.3) is 0 Å². The lowest BCUT2D eigenvalue weighted by Crippen LogP contribution is -1.96. The molecule has 1 aliphatic heterocycles. The largest absolute Gasteiger partial charge is 0.410 e. The van der Waals surface area contributed by atoms with Crippen LogP contribution in [0.2, 0.25) is 0 Å². The van der Waals surface area contributed by atoms with Gasteiger partial charge in [0.2, 0.25) is 0 Å². The van der Waals surface area contributed by atoms with Gasteiger partial charge in [0.1, 0.15) is 5.82 Å². The molecule has 14 heavy (non-hydrogen) atoms. The van der Waals surface area contributed by atoms with Gasteiger partial charge in [-0.05, 0) is 12.1 Å². The zero-order valence-corrected chi connectivity index (χ0v) is 7.11. The van der Waals surface area contributed by atoms with Gasteiger partial charge in [-0.25, -0.2) is 14.2 Å². The fraction of sp³-hybridized carbons (Fsp3) is 0. The van der Waals surface area contributed by atoms with Crippen LogP contribution < -0.4 is 0 Å². The lowest BCUT2D eigenvalue weighted by atomic mass is 10.2. The zero-order chi connectivity index (χ0) is 9.97. The summed E-state index contributed by atoms with van der Waals surface area (Å²) in [5.74, 6) is -0.955. The van der Waals surface area contributed by atoms with Crippen molar-refractivity contribution in [1.29, 1.82) is 0 Å². The maximum absolute atomic E-state index is 13.1. The van der Waals surface area contributed by atoms with Gasteiger partial charge in [-0.1, -0.05) is 18.2 Å². The van der Waals surface area contributed by atoms with Crippen LogP contribution in [0.1, 0.15) is 5.56 Å². The number of carbonyl (C=O) groups is 1. The van der Waals surface area contributed by atoms with E-state index in [1.54, 1.807) is 18.2 Å². The molecule has 0 amide bonds. The van der Waals surface area contributed by atoms with Crippen molar-refractivity contribution in [1.82, 2.24) is 0 Å². The fourth-order valence-corrected chi connectivity index (χ4v) is 1.08. The molecule has 1 aliphatic rings. The number of rotatable bonds is 1. The Bertz CT molecular complexity index is 438. The summed E-state index contributed by atoms with van der Waals surface area (Å²) < 4.78 is 17.6. The molecule has 1 aromatic carbocycles. The molecule has 0 bridgehead atoms. The number of hydrogen-bond donors (Lipinski definition) is 0. The quantitative estimate of drug-likeness (QED) is 0.501. The van der Waals surface area contributed by atoms with Gasteiger partial charge in [0.15, 0.2) is 12.1 Å². The summed E-state index contributed by atoms with van der Waals surface area (Å²) in [5.41, 5.74) is 0.425. The second kappa shape index (κ2) is 3.41. The standard InChI is InChI=1S/C10H6FNO2/c11-8-4-2-1-3-7(8)5-9-10(13)14-6-12-9/h1-6H. The number of cyclic esters (lactones) is 1. The molecule has 0 fully saturated rings. The first-order valence-electron chi connectivity index (χ1n) is 3.97. The summed E-state index contributed by atoms with van der Waals surface area (Å²) in [5, 5.41) is 0. The smallest absolute Gasteiger partial charge is 0.363 e. The van der Waals surface area contributed by atoms with Crippen molar-refractivity contribution in [2.75, 3.05) is 0 Å². The van der Waals surface area contributed by atoms with Crippen molar-refractivity contribution in [3.8, 4) is 0 Å².